The Balaban J connectivity index is 1.49. The van der Waals surface area contributed by atoms with Crippen LogP contribution in [0, 0.1) is 0 Å². The number of hydrogen-bond donors (Lipinski definition) is 1. The standard InChI is InChI=1S/C31H38N6O5/c1-30(2,3)42-29(38)36-11-9-31(39,10-12-36)20-37(23-13-24(40-5)16-25(14-23)41-6)22-7-8-26-27(15-22)34-28(18-32-26)21-17-33-35(4)19-21/h7-8,13-19,39H,9-12,20H2,1-6H3. The summed E-state index contributed by atoms with van der Waals surface area (Å²) in [5.74, 6) is 1.25. The van der Waals surface area contributed by atoms with Gasteiger partial charge in [-0.25, -0.2) is 9.78 Å². The molecule has 0 spiro atoms. The number of ether oxygens (including phenoxy) is 3. The van der Waals surface area contributed by atoms with Crippen molar-refractivity contribution < 1.29 is 24.1 Å². The van der Waals surface area contributed by atoms with Crippen molar-refractivity contribution in [2.75, 3.05) is 38.8 Å². The SMILES string of the molecule is COc1cc(OC)cc(N(CC2(O)CCN(C(=O)OC(C)(C)C)CC2)c2ccc3ncc(-c4cnn(C)c4)nc3c2)c1. The summed E-state index contributed by atoms with van der Waals surface area (Å²) in [5.41, 5.74) is 2.99. The van der Waals surface area contributed by atoms with Crippen molar-refractivity contribution in [2.45, 2.75) is 44.8 Å². The molecule has 2 aromatic carbocycles. The Morgan fingerprint density at radius 1 is 1.00 bits per heavy atom. The molecule has 0 unspecified atom stereocenters. The zero-order valence-corrected chi connectivity index (χ0v) is 25.0. The average molecular weight is 575 g/mol. The molecule has 1 fully saturated rings. The van der Waals surface area contributed by atoms with Crippen LogP contribution in [0.5, 0.6) is 11.5 Å². The van der Waals surface area contributed by atoms with Crippen LogP contribution in [0.2, 0.25) is 0 Å². The van der Waals surface area contributed by atoms with E-state index in [0.717, 1.165) is 28.1 Å². The van der Waals surface area contributed by atoms with Crippen LogP contribution < -0.4 is 14.4 Å². The van der Waals surface area contributed by atoms with E-state index in [1.54, 1.807) is 36.2 Å². The van der Waals surface area contributed by atoms with E-state index in [1.807, 2.05) is 75.3 Å². The normalized spacial score (nSPS) is 15.0. The van der Waals surface area contributed by atoms with Gasteiger partial charge in [-0.1, -0.05) is 0 Å². The number of anilines is 2. The highest BCUT2D eigenvalue weighted by atomic mass is 16.6. The number of hydrogen-bond acceptors (Lipinski definition) is 9. The van der Waals surface area contributed by atoms with Crippen LogP contribution in [0.3, 0.4) is 0 Å². The van der Waals surface area contributed by atoms with E-state index >= 15 is 0 Å². The molecule has 1 saturated heterocycles. The quantitative estimate of drug-likeness (QED) is 0.327. The largest absolute Gasteiger partial charge is 0.497 e. The fraction of sp³-hybridized carbons (Fsp3) is 0.419. The molecule has 4 aromatic rings. The van der Waals surface area contributed by atoms with E-state index < -0.39 is 11.2 Å². The summed E-state index contributed by atoms with van der Waals surface area (Å²) in [6.45, 7) is 6.58. The van der Waals surface area contributed by atoms with Crippen LogP contribution in [0.1, 0.15) is 33.6 Å². The molecule has 3 heterocycles. The second-order valence-corrected chi connectivity index (χ2v) is 11.7. The molecule has 2 aromatic heterocycles. The third-order valence-corrected chi connectivity index (χ3v) is 7.28. The van der Waals surface area contributed by atoms with Gasteiger partial charge in [0.15, 0.2) is 0 Å². The van der Waals surface area contributed by atoms with E-state index in [9.17, 15) is 9.90 Å². The van der Waals surface area contributed by atoms with Crippen molar-refractivity contribution >= 4 is 28.5 Å². The first-order valence-corrected chi connectivity index (χ1v) is 13.9. The van der Waals surface area contributed by atoms with E-state index in [-0.39, 0.29) is 12.6 Å². The highest BCUT2D eigenvalue weighted by molar-refractivity contribution is 5.83. The van der Waals surface area contributed by atoms with Crippen molar-refractivity contribution in [1.29, 1.82) is 0 Å². The Hall–Kier alpha value is -4.38. The molecule has 1 aliphatic heterocycles. The van der Waals surface area contributed by atoms with Gasteiger partial charge in [-0.3, -0.25) is 9.67 Å². The number of aryl methyl sites for hydroxylation is 1. The maximum Gasteiger partial charge on any atom is 0.410 e. The summed E-state index contributed by atoms with van der Waals surface area (Å²) in [6, 6.07) is 11.5. The Labute approximate surface area is 245 Å². The van der Waals surface area contributed by atoms with Crippen LogP contribution in [0.25, 0.3) is 22.3 Å². The van der Waals surface area contributed by atoms with Gasteiger partial charge in [0, 0.05) is 61.5 Å². The summed E-state index contributed by atoms with van der Waals surface area (Å²) in [6.07, 6.45) is 5.81. The fourth-order valence-corrected chi connectivity index (χ4v) is 5.02. The summed E-state index contributed by atoms with van der Waals surface area (Å²) < 4.78 is 18.4. The van der Waals surface area contributed by atoms with E-state index in [0.29, 0.717) is 42.9 Å². The lowest BCUT2D eigenvalue weighted by atomic mass is 9.90. The molecular formula is C31H38N6O5. The number of aliphatic hydroxyl groups is 1. The second-order valence-electron chi connectivity index (χ2n) is 11.7. The van der Waals surface area contributed by atoms with Gasteiger partial charge >= 0.3 is 6.09 Å². The lowest BCUT2D eigenvalue weighted by molar-refractivity contribution is -0.0265. The highest BCUT2D eigenvalue weighted by Crippen LogP contribution is 2.37. The van der Waals surface area contributed by atoms with Crippen LogP contribution in [-0.4, -0.2) is 80.9 Å². The van der Waals surface area contributed by atoms with Crippen molar-refractivity contribution in [3.63, 3.8) is 0 Å². The minimum absolute atomic E-state index is 0.271. The number of aromatic nitrogens is 4. The Morgan fingerprint density at radius 2 is 1.69 bits per heavy atom. The van der Waals surface area contributed by atoms with E-state index in [2.05, 4.69) is 10.1 Å². The van der Waals surface area contributed by atoms with Gasteiger partial charge in [-0.05, 0) is 51.8 Å². The zero-order chi connectivity index (χ0) is 30.1. The van der Waals surface area contributed by atoms with Gasteiger partial charge in [0.05, 0.1) is 55.5 Å². The van der Waals surface area contributed by atoms with Crippen molar-refractivity contribution in [3.8, 4) is 22.8 Å². The van der Waals surface area contributed by atoms with Gasteiger partial charge in [-0.2, -0.15) is 5.10 Å². The number of amides is 1. The average Bonchev–Trinajstić information content (AvgIpc) is 3.40. The number of carbonyl (C=O) groups is 1. The van der Waals surface area contributed by atoms with E-state index in [4.69, 9.17) is 19.2 Å². The van der Waals surface area contributed by atoms with Crippen LogP contribution in [-0.2, 0) is 11.8 Å². The molecule has 5 rings (SSSR count). The maximum atomic E-state index is 12.7. The molecule has 0 atom stereocenters. The number of benzene rings is 2. The third kappa shape index (κ3) is 6.57. The first kappa shape index (κ1) is 29.1. The molecule has 11 heteroatoms. The number of likely N-dealkylation sites (tertiary alicyclic amines) is 1. The molecule has 1 amide bonds. The molecule has 222 valence electrons. The molecule has 0 saturated carbocycles. The maximum absolute atomic E-state index is 12.7. The van der Waals surface area contributed by atoms with Crippen molar-refractivity contribution in [1.82, 2.24) is 24.6 Å². The molecule has 11 nitrogen and oxygen atoms in total. The third-order valence-electron chi connectivity index (χ3n) is 7.28. The van der Waals surface area contributed by atoms with Crippen LogP contribution in [0.15, 0.2) is 55.0 Å². The smallest absolute Gasteiger partial charge is 0.410 e. The fourth-order valence-electron chi connectivity index (χ4n) is 5.02. The van der Waals surface area contributed by atoms with Crippen molar-refractivity contribution in [3.05, 3.63) is 55.0 Å². The molecule has 0 aliphatic carbocycles. The predicted molar refractivity (Wildman–Crippen MR) is 160 cm³/mol. The minimum atomic E-state index is -1.08. The number of piperidine rings is 1. The Morgan fingerprint density at radius 3 is 2.29 bits per heavy atom. The molecular weight excluding hydrogens is 536 g/mol. The number of rotatable bonds is 7. The number of carbonyl (C=O) groups excluding carboxylic acids is 1. The lowest BCUT2D eigenvalue weighted by Crippen LogP contribution is -2.52. The zero-order valence-electron chi connectivity index (χ0n) is 25.0. The Bertz CT molecular complexity index is 1550. The van der Waals surface area contributed by atoms with Crippen molar-refractivity contribution in [2.24, 2.45) is 7.05 Å². The summed E-state index contributed by atoms with van der Waals surface area (Å²) in [5, 5.41) is 16.1. The number of fused-ring (bicyclic) bond motifs is 1. The molecule has 1 aliphatic rings. The summed E-state index contributed by atoms with van der Waals surface area (Å²) in [4.78, 5) is 25.8. The summed E-state index contributed by atoms with van der Waals surface area (Å²) in [7, 11) is 5.07. The Kier molecular flexibility index (Phi) is 7.96. The van der Waals surface area contributed by atoms with Gasteiger partial charge in [-0.15, -0.1) is 0 Å². The second kappa shape index (κ2) is 11.5. The van der Waals surface area contributed by atoms with Gasteiger partial charge in [0.2, 0.25) is 0 Å². The van der Waals surface area contributed by atoms with Gasteiger partial charge in [0.1, 0.15) is 17.1 Å². The van der Waals surface area contributed by atoms with Gasteiger partial charge in [0.25, 0.3) is 0 Å². The van der Waals surface area contributed by atoms with Crippen LogP contribution >= 0.6 is 0 Å². The molecule has 0 radical (unpaired) electrons. The molecule has 0 bridgehead atoms. The topological polar surface area (TPSA) is 115 Å². The van der Waals surface area contributed by atoms with E-state index in [1.165, 1.54) is 0 Å². The lowest BCUT2D eigenvalue weighted by Gasteiger charge is -2.41. The first-order chi connectivity index (χ1) is 19.9. The monoisotopic (exact) mass is 574 g/mol. The predicted octanol–water partition coefficient (Wildman–Crippen LogP) is 4.95. The first-order valence-electron chi connectivity index (χ1n) is 13.9. The number of methoxy groups -OCH3 is 2. The minimum Gasteiger partial charge on any atom is -0.497 e. The summed E-state index contributed by atoms with van der Waals surface area (Å²) >= 11 is 0. The highest BCUT2D eigenvalue weighted by Gasteiger charge is 2.37. The van der Waals surface area contributed by atoms with Gasteiger partial charge < -0.3 is 29.1 Å². The number of nitrogens with zero attached hydrogens (tertiary/aromatic N) is 6. The molecule has 42 heavy (non-hydrogen) atoms. The van der Waals surface area contributed by atoms with Crippen LogP contribution in [0.4, 0.5) is 16.2 Å². The molecule has 1 N–H and O–H groups in total.